The summed E-state index contributed by atoms with van der Waals surface area (Å²) in [6.07, 6.45) is 5.61. The lowest BCUT2D eigenvalue weighted by Crippen LogP contribution is -2.57. The second-order valence-electron chi connectivity index (χ2n) is 7.08. The minimum Gasteiger partial charge on any atom is -0.359 e. The van der Waals surface area contributed by atoms with Crippen LogP contribution in [0.4, 0.5) is 10.1 Å². The van der Waals surface area contributed by atoms with Crippen molar-refractivity contribution in [1.29, 1.82) is 0 Å². The number of rotatable bonds is 2. The Morgan fingerprint density at radius 2 is 1.93 bits per heavy atom. The first kappa shape index (κ1) is 16.7. The van der Waals surface area contributed by atoms with Crippen LogP contribution in [0.2, 0.25) is 5.02 Å². The molecule has 1 atom stereocenters. The van der Waals surface area contributed by atoms with Gasteiger partial charge in [-0.05, 0) is 17.2 Å². The zero-order valence-electron chi connectivity index (χ0n) is 14.6. The molecule has 5 rings (SSSR count). The predicted octanol–water partition coefficient (Wildman–Crippen LogP) is 3.80. The average molecular weight is 381 g/mol. The molecule has 2 aromatic carbocycles. The zero-order chi connectivity index (χ0) is 18.4. The van der Waals surface area contributed by atoms with Crippen LogP contribution in [0.3, 0.4) is 0 Å². The van der Waals surface area contributed by atoms with Gasteiger partial charge in [0.2, 0.25) is 0 Å². The number of piperazine rings is 1. The Labute approximate surface area is 162 Å². The molecular formula is C21H18ClFN4. The van der Waals surface area contributed by atoms with Crippen molar-refractivity contribution in [2.75, 3.05) is 24.5 Å². The van der Waals surface area contributed by atoms with E-state index in [2.05, 4.69) is 44.5 Å². The Morgan fingerprint density at radius 3 is 2.70 bits per heavy atom. The number of halogens is 2. The highest BCUT2D eigenvalue weighted by atomic mass is 35.5. The molecule has 0 radical (unpaired) electrons. The highest BCUT2D eigenvalue weighted by Gasteiger charge is 2.48. The average Bonchev–Trinajstić information content (AvgIpc) is 3.05. The van der Waals surface area contributed by atoms with Gasteiger partial charge in [0.15, 0.2) is 0 Å². The lowest BCUT2D eigenvalue weighted by atomic mass is 9.83. The summed E-state index contributed by atoms with van der Waals surface area (Å²) in [4.78, 5) is 10.5. The fraction of sp³-hybridized carbons (Fsp3) is 0.238. The first-order chi connectivity index (χ1) is 13.2. The summed E-state index contributed by atoms with van der Waals surface area (Å²) in [5, 5.41) is 3.66. The summed E-state index contributed by atoms with van der Waals surface area (Å²) < 4.78 is 14.8. The first-order valence-electron chi connectivity index (χ1n) is 9.01. The van der Waals surface area contributed by atoms with Crippen LogP contribution in [0.5, 0.6) is 0 Å². The lowest BCUT2D eigenvalue weighted by molar-refractivity contribution is 0.350. The molecule has 3 aromatic rings. The third kappa shape index (κ3) is 2.46. The van der Waals surface area contributed by atoms with Gasteiger partial charge in [0.25, 0.3) is 0 Å². The summed E-state index contributed by atoms with van der Waals surface area (Å²) in [6, 6.07) is 12.0. The Kier molecular flexibility index (Phi) is 3.88. The normalized spacial score (nSPS) is 21.0. The molecule has 1 N–H and O–H groups in total. The Morgan fingerprint density at radius 1 is 1.15 bits per heavy atom. The van der Waals surface area contributed by atoms with Crippen molar-refractivity contribution in [3.8, 4) is 11.1 Å². The van der Waals surface area contributed by atoms with Gasteiger partial charge < -0.3 is 10.2 Å². The molecular weight excluding hydrogens is 363 g/mol. The molecule has 1 unspecified atom stereocenters. The molecule has 6 heteroatoms. The molecule has 1 saturated heterocycles. The topological polar surface area (TPSA) is 41.1 Å². The highest BCUT2D eigenvalue weighted by Crippen LogP contribution is 2.51. The van der Waals surface area contributed by atoms with Crippen LogP contribution < -0.4 is 10.2 Å². The third-order valence-electron chi connectivity index (χ3n) is 5.67. The van der Waals surface area contributed by atoms with E-state index in [0.29, 0.717) is 5.56 Å². The fourth-order valence-corrected chi connectivity index (χ4v) is 4.78. The number of nitrogens with one attached hydrogen (secondary N) is 1. The van der Waals surface area contributed by atoms with Crippen molar-refractivity contribution < 1.29 is 4.39 Å². The van der Waals surface area contributed by atoms with Gasteiger partial charge in [-0.3, -0.25) is 0 Å². The van der Waals surface area contributed by atoms with E-state index in [4.69, 9.17) is 11.6 Å². The molecule has 136 valence electrons. The maximum Gasteiger partial charge on any atom is 0.144 e. The molecule has 1 aromatic heterocycles. The Balaban J connectivity index is 1.75. The highest BCUT2D eigenvalue weighted by molar-refractivity contribution is 6.34. The molecule has 0 amide bonds. The van der Waals surface area contributed by atoms with Gasteiger partial charge >= 0.3 is 0 Å². The number of benzene rings is 2. The SMILES string of the molecule is Fc1cc2c(c(-c3cncnc3)c1Cl)CC1(c3ccccc3)CNCCN21. The van der Waals surface area contributed by atoms with E-state index < -0.39 is 5.82 Å². The van der Waals surface area contributed by atoms with Gasteiger partial charge in [0.1, 0.15) is 12.1 Å². The number of aromatic nitrogens is 2. The maximum atomic E-state index is 14.8. The Bertz CT molecular complexity index is 996. The number of hydrogen-bond donors (Lipinski definition) is 1. The van der Waals surface area contributed by atoms with Crippen LogP contribution in [0.25, 0.3) is 11.1 Å². The molecule has 4 nitrogen and oxygen atoms in total. The smallest absolute Gasteiger partial charge is 0.144 e. The minimum absolute atomic E-state index is 0.138. The largest absolute Gasteiger partial charge is 0.359 e. The molecule has 0 bridgehead atoms. The van der Waals surface area contributed by atoms with Gasteiger partial charge in [-0.25, -0.2) is 14.4 Å². The van der Waals surface area contributed by atoms with Crippen molar-refractivity contribution in [1.82, 2.24) is 15.3 Å². The monoisotopic (exact) mass is 380 g/mol. The van der Waals surface area contributed by atoms with E-state index in [0.717, 1.165) is 42.9 Å². The summed E-state index contributed by atoms with van der Waals surface area (Å²) in [5.41, 5.74) is 4.40. The summed E-state index contributed by atoms with van der Waals surface area (Å²) >= 11 is 6.44. The molecule has 3 heterocycles. The third-order valence-corrected chi connectivity index (χ3v) is 6.04. The van der Waals surface area contributed by atoms with E-state index in [1.54, 1.807) is 18.5 Å². The van der Waals surface area contributed by atoms with Crippen molar-refractivity contribution in [3.05, 3.63) is 77.1 Å². The fourth-order valence-electron chi connectivity index (χ4n) is 4.50. The number of nitrogens with zero attached hydrogens (tertiary/aromatic N) is 3. The maximum absolute atomic E-state index is 14.8. The standard InChI is InChI=1S/C21H18ClFN4/c22-20-17(23)8-18-16(19(20)14-10-25-13-26-11-14)9-21(12-24-6-7-27(18)21)15-4-2-1-3-5-15/h1-5,8,10-11,13,24H,6-7,9,12H2. The summed E-state index contributed by atoms with van der Waals surface area (Å²) in [6.45, 7) is 2.48. The van der Waals surface area contributed by atoms with Crippen LogP contribution in [0, 0.1) is 5.82 Å². The summed E-state index contributed by atoms with van der Waals surface area (Å²) in [7, 11) is 0. The second kappa shape index (κ2) is 6.29. The van der Waals surface area contributed by atoms with Crippen LogP contribution in [0.1, 0.15) is 11.1 Å². The number of hydrogen-bond acceptors (Lipinski definition) is 4. The zero-order valence-corrected chi connectivity index (χ0v) is 15.4. The lowest BCUT2D eigenvalue weighted by Gasteiger charge is -2.45. The van der Waals surface area contributed by atoms with Gasteiger partial charge in [0.05, 0.1) is 10.6 Å². The van der Waals surface area contributed by atoms with Crippen molar-refractivity contribution >= 4 is 17.3 Å². The van der Waals surface area contributed by atoms with Gasteiger partial charge in [-0.15, -0.1) is 0 Å². The van der Waals surface area contributed by atoms with E-state index >= 15 is 0 Å². The molecule has 2 aliphatic heterocycles. The van der Waals surface area contributed by atoms with Crippen molar-refractivity contribution in [2.45, 2.75) is 12.0 Å². The Hall–Kier alpha value is -2.50. The summed E-state index contributed by atoms with van der Waals surface area (Å²) in [5.74, 6) is -0.406. The predicted molar refractivity (Wildman–Crippen MR) is 104 cm³/mol. The van der Waals surface area contributed by atoms with Crippen LogP contribution in [-0.2, 0) is 12.0 Å². The molecule has 2 aliphatic rings. The van der Waals surface area contributed by atoms with Crippen molar-refractivity contribution in [3.63, 3.8) is 0 Å². The molecule has 1 fully saturated rings. The van der Waals surface area contributed by atoms with Gasteiger partial charge in [0, 0.05) is 55.3 Å². The minimum atomic E-state index is -0.406. The molecule has 0 saturated carbocycles. The van der Waals surface area contributed by atoms with Crippen LogP contribution >= 0.6 is 11.6 Å². The van der Waals surface area contributed by atoms with Crippen molar-refractivity contribution in [2.24, 2.45) is 0 Å². The van der Waals surface area contributed by atoms with E-state index in [9.17, 15) is 4.39 Å². The van der Waals surface area contributed by atoms with Gasteiger partial charge in [-0.2, -0.15) is 0 Å². The van der Waals surface area contributed by atoms with Gasteiger partial charge in [-0.1, -0.05) is 41.9 Å². The number of fused-ring (bicyclic) bond motifs is 3. The molecule has 0 spiro atoms. The molecule has 27 heavy (non-hydrogen) atoms. The van der Waals surface area contributed by atoms with Crippen LogP contribution in [0.15, 0.2) is 55.1 Å². The van der Waals surface area contributed by atoms with E-state index in [1.165, 1.54) is 11.9 Å². The first-order valence-corrected chi connectivity index (χ1v) is 9.39. The second-order valence-corrected chi connectivity index (χ2v) is 7.45. The molecule has 0 aliphatic carbocycles. The quantitative estimate of drug-likeness (QED) is 0.734. The van der Waals surface area contributed by atoms with E-state index in [1.807, 2.05) is 6.07 Å². The number of anilines is 1. The van der Waals surface area contributed by atoms with Crippen LogP contribution in [-0.4, -0.2) is 29.6 Å². The van der Waals surface area contributed by atoms with E-state index in [-0.39, 0.29) is 10.6 Å².